The summed E-state index contributed by atoms with van der Waals surface area (Å²) < 4.78 is 6.77. The maximum Gasteiger partial charge on any atom is 0.262 e. The van der Waals surface area contributed by atoms with E-state index in [0.717, 1.165) is 35.4 Å². The minimum atomic E-state index is -0.260. The molecule has 1 amide bonds. The molecule has 2 aromatic heterocycles. The second-order valence-corrected chi connectivity index (χ2v) is 7.30. The molecule has 2 heterocycles. The predicted molar refractivity (Wildman–Crippen MR) is 102 cm³/mol. The van der Waals surface area contributed by atoms with Gasteiger partial charge in [-0.05, 0) is 56.0 Å². The smallest absolute Gasteiger partial charge is 0.262 e. The largest absolute Gasteiger partial charge is 0.494 e. The van der Waals surface area contributed by atoms with Crippen molar-refractivity contribution in [3.8, 4) is 5.75 Å². The number of aromatic nitrogens is 2. The van der Waals surface area contributed by atoms with Gasteiger partial charge in [0.15, 0.2) is 0 Å². The molecule has 1 aromatic carbocycles. The molecule has 26 heavy (non-hydrogen) atoms. The minimum Gasteiger partial charge on any atom is -0.494 e. The van der Waals surface area contributed by atoms with Crippen LogP contribution in [-0.4, -0.2) is 22.1 Å². The van der Waals surface area contributed by atoms with Crippen LogP contribution in [0, 0.1) is 0 Å². The summed E-state index contributed by atoms with van der Waals surface area (Å²) in [6.07, 6.45) is 4.50. The normalized spacial score (nSPS) is 13.0. The van der Waals surface area contributed by atoms with Crippen molar-refractivity contribution in [3.63, 3.8) is 0 Å². The lowest BCUT2D eigenvalue weighted by atomic mass is 10.2. The first-order valence-corrected chi connectivity index (χ1v) is 9.49. The first-order chi connectivity index (χ1) is 12.7. The van der Waals surface area contributed by atoms with Crippen LogP contribution in [0.5, 0.6) is 5.75 Å². The number of hydrogen-bond donors (Lipinski definition) is 1. The van der Waals surface area contributed by atoms with Crippen molar-refractivity contribution in [2.45, 2.75) is 32.7 Å². The zero-order chi connectivity index (χ0) is 18.1. The van der Waals surface area contributed by atoms with Gasteiger partial charge in [0.05, 0.1) is 18.3 Å². The summed E-state index contributed by atoms with van der Waals surface area (Å²) >= 11 is 1.60. The summed E-state index contributed by atoms with van der Waals surface area (Å²) in [5, 5.41) is 3.50. The highest BCUT2D eigenvalue weighted by molar-refractivity contribution is 7.18. The van der Waals surface area contributed by atoms with Gasteiger partial charge in [0.1, 0.15) is 17.1 Å². The van der Waals surface area contributed by atoms with E-state index in [1.165, 1.54) is 15.8 Å². The van der Waals surface area contributed by atoms with Gasteiger partial charge in [0.25, 0.3) is 5.56 Å². The van der Waals surface area contributed by atoms with Crippen molar-refractivity contribution < 1.29 is 9.53 Å². The molecular formula is C19H19N3O3S. The van der Waals surface area contributed by atoms with Crippen LogP contribution in [0.2, 0.25) is 0 Å². The molecule has 0 saturated carbocycles. The Morgan fingerprint density at radius 3 is 2.88 bits per heavy atom. The Hall–Kier alpha value is -2.67. The number of fused-ring (bicyclic) bond motifs is 3. The molecule has 0 spiro atoms. The van der Waals surface area contributed by atoms with E-state index in [1.54, 1.807) is 35.6 Å². The molecule has 0 atom stereocenters. The maximum absolute atomic E-state index is 12.8. The summed E-state index contributed by atoms with van der Waals surface area (Å²) in [5.74, 6) is 0.493. The first-order valence-electron chi connectivity index (χ1n) is 8.68. The quantitative estimate of drug-likeness (QED) is 0.750. The number of nitrogens with zero attached hydrogens (tertiary/aromatic N) is 2. The Labute approximate surface area is 154 Å². The third kappa shape index (κ3) is 3.10. The SMILES string of the molecule is CCOc1ccc(NC(=O)Cn2cnc3sc4c(c3c2=O)CCC4)cc1. The average Bonchev–Trinajstić information content (AvgIpc) is 3.20. The molecule has 0 fully saturated rings. The molecule has 3 aromatic rings. The van der Waals surface area contributed by atoms with Gasteiger partial charge < -0.3 is 10.1 Å². The molecule has 1 N–H and O–H groups in total. The first kappa shape index (κ1) is 16.8. The summed E-state index contributed by atoms with van der Waals surface area (Å²) in [6, 6.07) is 7.15. The summed E-state index contributed by atoms with van der Waals surface area (Å²) in [7, 11) is 0. The number of anilines is 1. The Balaban J connectivity index is 1.52. The average molecular weight is 369 g/mol. The van der Waals surface area contributed by atoms with Gasteiger partial charge in [0, 0.05) is 10.6 Å². The Morgan fingerprint density at radius 2 is 2.12 bits per heavy atom. The number of nitrogens with one attached hydrogen (secondary N) is 1. The van der Waals surface area contributed by atoms with Crippen LogP contribution in [0.15, 0.2) is 35.4 Å². The van der Waals surface area contributed by atoms with Gasteiger partial charge in [-0.1, -0.05) is 0 Å². The maximum atomic E-state index is 12.8. The number of thiophene rings is 1. The molecule has 134 valence electrons. The fourth-order valence-electron chi connectivity index (χ4n) is 3.29. The Morgan fingerprint density at radius 1 is 1.31 bits per heavy atom. The van der Waals surface area contributed by atoms with Crippen LogP contribution in [0.4, 0.5) is 5.69 Å². The van der Waals surface area contributed by atoms with E-state index in [1.807, 2.05) is 6.92 Å². The zero-order valence-electron chi connectivity index (χ0n) is 14.4. The highest BCUT2D eigenvalue weighted by Crippen LogP contribution is 2.34. The van der Waals surface area contributed by atoms with Gasteiger partial charge in [-0.15, -0.1) is 11.3 Å². The van der Waals surface area contributed by atoms with Crippen molar-refractivity contribution in [1.82, 2.24) is 9.55 Å². The molecule has 1 aliphatic carbocycles. The Bertz CT molecular complexity index is 1020. The van der Waals surface area contributed by atoms with Gasteiger partial charge in [0.2, 0.25) is 5.91 Å². The molecule has 4 rings (SSSR count). The van der Waals surface area contributed by atoms with Gasteiger partial charge in [-0.3, -0.25) is 14.2 Å². The van der Waals surface area contributed by atoms with Gasteiger partial charge >= 0.3 is 0 Å². The van der Waals surface area contributed by atoms with E-state index >= 15 is 0 Å². The van der Waals surface area contributed by atoms with Crippen molar-refractivity contribution in [2.75, 3.05) is 11.9 Å². The van der Waals surface area contributed by atoms with E-state index in [4.69, 9.17) is 4.74 Å². The summed E-state index contributed by atoms with van der Waals surface area (Å²) in [4.78, 5) is 31.5. The van der Waals surface area contributed by atoms with Crippen LogP contribution in [0.1, 0.15) is 23.8 Å². The van der Waals surface area contributed by atoms with E-state index in [-0.39, 0.29) is 18.0 Å². The van der Waals surface area contributed by atoms with Crippen LogP contribution in [0.3, 0.4) is 0 Å². The third-order valence-corrected chi connectivity index (χ3v) is 5.65. The lowest BCUT2D eigenvalue weighted by molar-refractivity contribution is -0.116. The number of hydrogen-bond acceptors (Lipinski definition) is 5. The summed E-state index contributed by atoms with van der Waals surface area (Å²) in [6.45, 7) is 2.46. The number of amides is 1. The standard InChI is InChI=1S/C19H19N3O3S/c1-2-25-13-8-6-12(7-9-13)21-16(23)10-22-11-20-18-17(19(22)24)14-4-3-5-15(14)26-18/h6-9,11H,2-5,10H2,1H3,(H,21,23). The van der Waals surface area contributed by atoms with Gasteiger partial charge in [-0.2, -0.15) is 0 Å². The van der Waals surface area contributed by atoms with Crippen LogP contribution in [-0.2, 0) is 24.2 Å². The van der Waals surface area contributed by atoms with Crippen molar-refractivity contribution >= 4 is 33.1 Å². The second-order valence-electron chi connectivity index (χ2n) is 6.22. The highest BCUT2D eigenvalue weighted by atomic mass is 32.1. The van der Waals surface area contributed by atoms with Crippen molar-refractivity contribution in [3.05, 3.63) is 51.4 Å². The number of aryl methyl sites for hydroxylation is 2. The van der Waals surface area contributed by atoms with Crippen LogP contribution in [0.25, 0.3) is 10.2 Å². The molecule has 0 bridgehead atoms. The number of ether oxygens (including phenoxy) is 1. The summed E-state index contributed by atoms with van der Waals surface area (Å²) in [5.41, 5.74) is 1.66. The fourth-order valence-corrected chi connectivity index (χ4v) is 4.51. The molecule has 0 aliphatic heterocycles. The fraction of sp³-hybridized carbons (Fsp3) is 0.316. The van der Waals surface area contributed by atoms with E-state index in [2.05, 4.69) is 10.3 Å². The van der Waals surface area contributed by atoms with Crippen molar-refractivity contribution in [2.24, 2.45) is 0 Å². The molecule has 6 nitrogen and oxygen atoms in total. The molecule has 0 radical (unpaired) electrons. The highest BCUT2D eigenvalue weighted by Gasteiger charge is 2.21. The lowest BCUT2D eigenvalue weighted by Gasteiger charge is -2.08. The van der Waals surface area contributed by atoms with E-state index in [0.29, 0.717) is 17.7 Å². The topological polar surface area (TPSA) is 73.2 Å². The lowest BCUT2D eigenvalue weighted by Crippen LogP contribution is -2.28. The number of carbonyl (C=O) groups excluding carboxylic acids is 1. The number of benzene rings is 1. The molecular weight excluding hydrogens is 350 g/mol. The van der Waals surface area contributed by atoms with Crippen LogP contribution < -0.4 is 15.6 Å². The monoisotopic (exact) mass is 369 g/mol. The number of carbonyl (C=O) groups is 1. The molecule has 0 saturated heterocycles. The molecule has 0 unspecified atom stereocenters. The third-order valence-electron chi connectivity index (χ3n) is 4.45. The number of rotatable bonds is 5. The van der Waals surface area contributed by atoms with Gasteiger partial charge in [-0.25, -0.2) is 4.98 Å². The minimum absolute atomic E-state index is 0.0559. The molecule has 7 heteroatoms. The second kappa shape index (κ2) is 6.92. The Kier molecular flexibility index (Phi) is 4.46. The zero-order valence-corrected chi connectivity index (χ0v) is 15.3. The molecule has 1 aliphatic rings. The predicted octanol–water partition coefficient (Wildman–Crippen LogP) is 2.98. The van der Waals surface area contributed by atoms with E-state index in [9.17, 15) is 9.59 Å². The van der Waals surface area contributed by atoms with Crippen molar-refractivity contribution in [1.29, 1.82) is 0 Å². The van der Waals surface area contributed by atoms with Crippen LogP contribution >= 0.6 is 11.3 Å². The van der Waals surface area contributed by atoms with E-state index < -0.39 is 0 Å².